The first-order chi connectivity index (χ1) is 15.5. The van der Waals surface area contributed by atoms with Crippen LogP contribution in [0.15, 0.2) is 72.0 Å². The zero-order chi connectivity index (χ0) is 22.5. The predicted molar refractivity (Wildman–Crippen MR) is 118 cm³/mol. The smallest absolute Gasteiger partial charge is 0.261 e. The number of amides is 2. The van der Waals surface area contributed by atoms with E-state index in [1.165, 1.54) is 28.0 Å². The Balaban J connectivity index is 1.34. The Morgan fingerprint density at radius 2 is 1.69 bits per heavy atom. The number of carbonyl (C=O) groups excluding carboxylic acids is 2. The SMILES string of the molecule is COc1ccc(NC(=O)Cn2cc(NC(=O)Cn3cnc4ccccc4c3=O)cn2)cc1. The largest absolute Gasteiger partial charge is 0.497 e. The predicted octanol–water partition coefficient (Wildman–Crippen LogP) is 1.88. The van der Waals surface area contributed by atoms with Gasteiger partial charge in [0, 0.05) is 11.9 Å². The maximum absolute atomic E-state index is 12.5. The van der Waals surface area contributed by atoms with Crippen LogP contribution in [0.2, 0.25) is 0 Å². The van der Waals surface area contributed by atoms with Crippen LogP contribution in [-0.2, 0) is 22.7 Å². The Hall–Kier alpha value is -4.47. The topological polar surface area (TPSA) is 120 Å². The molecule has 10 nitrogen and oxygen atoms in total. The van der Waals surface area contributed by atoms with Crippen molar-refractivity contribution < 1.29 is 14.3 Å². The van der Waals surface area contributed by atoms with Crippen molar-refractivity contribution in [2.75, 3.05) is 17.7 Å². The number of aromatic nitrogens is 4. The van der Waals surface area contributed by atoms with Crippen molar-refractivity contribution in [3.63, 3.8) is 0 Å². The van der Waals surface area contributed by atoms with E-state index in [9.17, 15) is 14.4 Å². The summed E-state index contributed by atoms with van der Waals surface area (Å²) in [6.07, 6.45) is 4.31. The number of hydrogen-bond acceptors (Lipinski definition) is 6. The number of hydrogen-bond donors (Lipinski definition) is 2. The average Bonchev–Trinajstić information content (AvgIpc) is 3.22. The van der Waals surface area contributed by atoms with Gasteiger partial charge in [-0.05, 0) is 36.4 Å². The molecule has 0 saturated heterocycles. The number of anilines is 2. The minimum Gasteiger partial charge on any atom is -0.497 e. The summed E-state index contributed by atoms with van der Waals surface area (Å²) in [5.41, 5.74) is 1.32. The molecule has 0 atom stereocenters. The van der Waals surface area contributed by atoms with E-state index in [-0.39, 0.29) is 24.6 Å². The molecule has 32 heavy (non-hydrogen) atoms. The third-order valence-corrected chi connectivity index (χ3v) is 4.64. The molecular formula is C22H20N6O4. The summed E-state index contributed by atoms with van der Waals surface area (Å²) in [6, 6.07) is 13.9. The molecule has 0 saturated carbocycles. The lowest BCUT2D eigenvalue weighted by molar-refractivity contribution is -0.117. The van der Waals surface area contributed by atoms with Gasteiger partial charge in [0.2, 0.25) is 11.8 Å². The van der Waals surface area contributed by atoms with Crippen molar-refractivity contribution in [1.82, 2.24) is 19.3 Å². The van der Waals surface area contributed by atoms with Gasteiger partial charge >= 0.3 is 0 Å². The van der Waals surface area contributed by atoms with Gasteiger partial charge in [-0.2, -0.15) is 5.10 Å². The van der Waals surface area contributed by atoms with Crippen LogP contribution in [0.5, 0.6) is 5.75 Å². The van der Waals surface area contributed by atoms with E-state index in [1.54, 1.807) is 55.6 Å². The Labute approximate surface area is 182 Å². The first kappa shape index (κ1) is 20.8. The number of ether oxygens (including phenoxy) is 1. The molecule has 0 aliphatic carbocycles. The van der Waals surface area contributed by atoms with E-state index in [4.69, 9.17) is 4.74 Å². The molecule has 0 spiro atoms. The summed E-state index contributed by atoms with van der Waals surface area (Å²) in [4.78, 5) is 41.3. The molecule has 0 aliphatic heterocycles. The molecule has 0 fully saturated rings. The third kappa shape index (κ3) is 4.81. The van der Waals surface area contributed by atoms with E-state index >= 15 is 0 Å². The van der Waals surface area contributed by atoms with Crippen LogP contribution >= 0.6 is 0 Å². The number of rotatable bonds is 7. The van der Waals surface area contributed by atoms with E-state index in [2.05, 4.69) is 20.7 Å². The first-order valence-electron chi connectivity index (χ1n) is 9.72. The molecule has 0 bridgehead atoms. The van der Waals surface area contributed by atoms with Gasteiger partial charge in [0.05, 0.1) is 36.2 Å². The highest BCUT2D eigenvalue weighted by atomic mass is 16.5. The lowest BCUT2D eigenvalue weighted by atomic mass is 10.2. The summed E-state index contributed by atoms with van der Waals surface area (Å²) in [6.45, 7) is -0.226. The normalized spacial score (nSPS) is 10.7. The van der Waals surface area contributed by atoms with Crippen molar-refractivity contribution in [3.8, 4) is 5.75 Å². The van der Waals surface area contributed by atoms with Gasteiger partial charge in [-0.3, -0.25) is 23.6 Å². The summed E-state index contributed by atoms with van der Waals surface area (Å²) >= 11 is 0. The van der Waals surface area contributed by atoms with Gasteiger partial charge in [-0.15, -0.1) is 0 Å². The average molecular weight is 432 g/mol. The van der Waals surface area contributed by atoms with E-state index in [1.807, 2.05) is 0 Å². The summed E-state index contributed by atoms with van der Waals surface area (Å²) < 4.78 is 7.72. The molecule has 4 rings (SSSR count). The molecule has 2 heterocycles. The second-order valence-corrected chi connectivity index (χ2v) is 6.95. The maximum Gasteiger partial charge on any atom is 0.261 e. The van der Waals surface area contributed by atoms with Crippen molar-refractivity contribution in [2.24, 2.45) is 0 Å². The van der Waals surface area contributed by atoms with Gasteiger partial charge in [0.1, 0.15) is 18.8 Å². The molecular weight excluding hydrogens is 412 g/mol. The fourth-order valence-electron chi connectivity index (χ4n) is 3.11. The van der Waals surface area contributed by atoms with Crippen LogP contribution in [0.4, 0.5) is 11.4 Å². The number of methoxy groups -OCH3 is 1. The minimum absolute atomic E-state index is 0.0318. The fourth-order valence-corrected chi connectivity index (χ4v) is 3.11. The van der Waals surface area contributed by atoms with E-state index < -0.39 is 5.91 Å². The number of fused-ring (bicyclic) bond motifs is 1. The zero-order valence-electron chi connectivity index (χ0n) is 17.2. The van der Waals surface area contributed by atoms with Gasteiger partial charge < -0.3 is 15.4 Å². The quantitative estimate of drug-likeness (QED) is 0.460. The number of nitrogens with one attached hydrogen (secondary N) is 2. The van der Waals surface area contributed by atoms with Crippen LogP contribution in [0.1, 0.15) is 0 Å². The maximum atomic E-state index is 12.5. The molecule has 10 heteroatoms. The summed E-state index contributed by atoms with van der Waals surface area (Å²) in [7, 11) is 1.57. The molecule has 2 amide bonds. The first-order valence-corrected chi connectivity index (χ1v) is 9.72. The molecule has 2 aromatic heterocycles. The summed E-state index contributed by atoms with van der Waals surface area (Å²) in [5.74, 6) is 0.00791. The lowest BCUT2D eigenvalue weighted by Crippen LogP contribution is -2.27. The highest BCUT2D eigenvalue weighted by Gasteiger charge is 2.11. The number of para-hydroxylation sites is 1. The van der Waals surface area contributed by atoms with Crippen molar-refractivity contribution in [2.45, 2.75) is 13.1 Å². The van der Waals surface area contributed by atoms with Crippen molar-refractivity contribution in [1.29, 1.82) is 0 Å². The van der Waals surface area contributed by atoms with Crippen LogP contribution in [0.3, 0.4) is 0 Å². The second-order valence-electron chi connectivity index (χ2n) is 6.95. The van der Waals surface area contributed by atoms with E-state index in [0.29, 0.717) is 28.0 Å². The number of benzene rings is 2. The van der Waals surface area contributed by atoms with Crippen LogP contribution in [-0.4, -0.2) is 38.3 Å². The lowest BCUT2D eigenvalue weighted by Gasteiger charge is -2.07. The van der Waals surface area contributed by atoms with Gasteiger partial charge in [0.15, 0.2) is 0 Å². The molecule has 2 aromatic carbocycles. The zero-order valence-corrected chi connectivity index (χ0v) is 17.2. The molecule has 0 unspecified atom stereocenters. The Morgan fingerprint density at radius 1 is 0.969 bits per heavy atom. The standard InChI is InChI=1S/C22H20N6O4/c1-32-17-8-6-15(7-9-17)25-21(30)13-28-11-16(10-24-28)26-20(29)12-27-14-23-19-5-3-2-4-18(19)22(27)31/h2-11,14H,12-13H2,1H3,(H,25,30)(H,26,29). The Kier molecular flexibility index (Phi) is 5.93. The van der Waals surface area contributed by atoms with Gasteiger partial charge in [-0.1, -0.05) is 12.1 Å². The summed E-state index contributed by atoms with van der Waals surface area (Å²) in [5, 5.41) is 9.95. The van der Waals surface area contributed by atoms with Crippen LogP contribution < -0.4 is 20.9 Å². The molecule has 2 N–H and O–H groups in total. The second kappa shape index (κ2) is 9.13. The highest BCUT2D eigenvalue weighted by molar-refractivity contribution is 5.91. The van der Waals surface area contributed by atoms with Crippen LogP contribution in [0.25, 0.3) is 10.9 Å². The third-order valence-electron chi connectivity index (χ3n) is 4.64. The number of nitrogens with zero attached hydrogens (tertiary/aromatic N) is 4. The highest BCUT2D eigenvalue weighted by Crippen LogP contribution is 2.15. The monoisotopic (exact) mass is 432 g/mol. The molecule has 4 aromatic rings. The fraction of sp³-hybridized carbons (Fsp3) is 0.136. The van der Waals surface area contributed by atoms with Gasteiger partial charge in [-0.25, -0.2) is 4.98 Å². The molecule has 0 aliphatic rings. The molecule has 162 valence electrons. The van der Waals surface area contributed by atoms with E-state index in [0.717, 1.165) is 0 Å². The number of carbonyl (C=O) groups is 2. The Bertz CT molecular complexity index is 1330. The van der Waals surface area contributed by atoms with Crippen molar-refractivity contribution in [3.05, 3.63) is 77.6 Å². The Morgan fingerprint density at radius 3 is 2.47 bits per heavy atom. The van der Waals surface area contributed by atoms with Crippen molar-refractivity contribution >= 4 is 34.1 Å². The molecule has 0 radical (unpaired) electrons. The van der Waals surface area contributed by atoms with Gasteiger partial charge in [0.25, 0.3) is 5.56 Å². The van der Waals surface area contributed by atoms with Crippen LogP contribution in [0, 0.1) is 0 Å². The minimum atomic E-state index is -0.411.